The average molecular weight is 383 g/mol. The molecule has 0 aliphatic heterocycles. The molecule has 0 heterocycles. The number of carboxylic acid groups (broad SMARTS) is 1. The Morgan fingerprint density at radius 1 is 1.23 bits per heavy atom. The second-order valence-electron chi connectivity index (χ2n) is 7.16. The van der Waals surface area contributed by atoms with Crippen molar-refractivity contribution < 1.29 is 18.3 Å². The fourth-order valence-corrected chi connectivity index (χ4v) is 4.95. The SMILES string of the molecule is CCCC(C)Nc1ccc(C(=O)O)cc1S(=O)(=O)NC1CCCCCC1. The van der Waals surface area contributed by atoms with Gasteiger partial charge in [-0.2, -0.15) is 0 Å². The molecule has 1 aliphatic rings. The van der Waals surface area contributed by atoms with Crippen molar-refractivity contribution in [2.75, 3.05) is 5.32 Å². The van der Waals surface area contributed by atoms with Crippen molar-refractivity contribution in [2.24, 2.45) is 0 Å². The lowest BCUT2D eigenvalue weighted by Crippen LogP contribution is -2.35. The van der Waals surface area contributed by atoms with E-state index in [1.54, 1.807) is 6.07 Å². The highest BCUT2D eigenvalue weighted by Crippen LogP contribution is 2.26. The maximum absolute atomic E-state index is 13.0. The number of nitrogens with one attached hydrogen (secondary N) is 2. The van der Waals surface area contributed by atoms with Crippen molar-refractivity contribution >= 4 is 21.7 Å². The van der Waals surface area contributed by atoms with Gasteiger partial charge < -0.3 is 10.4 Å². The van der Waals surface area contributed by atoms with Crippen molar-refractivity contribution in [3.63, 3.8) is 0 Å². The number of carbonyl (C=O) groups is 1. The first-order valence-corrected chi connectivity index (χ1v) is 11.0. The fourth-order valence-electron chi connectivity index (χ4n) is 3.45. The van der Waals surface area contributed by atoms with Crippen LogP contribution < -0.4 is 10.0 Å². The van der Waals surface area contributed by atoms with Gasteiger partial charge in [0.05, 0.1) is 11.3 Å². The largest absolute Gasteiger partial charge is 0.478 e. The van der Waals surface area contributed by atoms with Gasteiger partial charge in [0.2, 0.25) is 10.0 Å². The summed E-state index contributed by atoms with van der Waals surface area (Å²) in [5, 5.41) is 12.5. The third-order valence-electron chi connectivity index (χ3n) is 4.82. The first-order chi connectivity index (χ1) is 12.3. The van der Waals surface area contributed by atoms with E-state index in [2.05, 4.69) is 17.0 Å². The molecule has 146 valence electrons. The monoisotopic (exact) mass is 382 g/mol. The first-order valence-electron chi connectivity index (χ1n) is 9.49. The standard InChI is InChI=1S/C19H30N2O4S/c1-3-8-14(2)20-17-12-11-15(19(22)23)13-18(17)26(24,25)21-16-9-6-4-5-7-10-16/h11-14,16,20-21H,3-10H2,1-2H3,(H,22,23). The summed E-state index contributed by atoms with van der Waals surface area (Å²) >= 11 is 0. The Hall–Kier alpha value is -1.60. The molecule has 1 aromatic rings. The molecule has 1 fully saturated rings. The number of carboxylic acids is 1. The van der Waals surface area contributed by atoms with E-state index >= 15 is 0 Å². The summed E-state index contributed by atoms with van der Waals surface area (Å²) in [7, 11) is -3.80. The second kappa shape index (κ2) is 9.37. The average Bonchev–Trinajstić information content (AvgIpc) is 2.83. The predicted octanol–water partition coefficient (Wildman–Crippen LogP) is 3.99. The third kappa shape index (κ3) is 5.71. The van der Waals surface area contributed by atoms with E-state index in [1.807, 2.05) is 6.92 Å². The summed E-state index contributed by atoms with van der Waals surface area (Å²) in [4.78, 5) is 11.3. The van der Waals surface area contributed by atoms with Gasteiger partial charge in [-0.05, 0) is 44.4 Å². The zero-order valence-corrected chi connectivity index (χ0v) is 16.4. The number of rotatable bonds is 8. The molecule has 3 N–H and O–H groups in total. The zero-order chi connectivity index (χ0) is 19.2. The molecule has 0 aromatic heterocycles. The summed E-state index contributed by atoms with van der Waals surface area (Å²) in [6.45, 7) is 4.06. The Morgan fingerprint density at radius 3 is 2.46 bits per heavy atom. The molecular weight excluding hydrogens is 352 g/mol. The van der Waals surface area contributed by atoms with Crippen molar-refractivity contribution in [1.82, 2.24) is 4.72 Å². The van der Waals surface area contributed by atoms with Gasteiger partial charge in [-0.15, -0.1) is 0 Å². The minimum atomic E-state index is -3.80. The summed E-state index contributed by atoms with van der Waals surface area (Å²) in [6, 6.07) is 4.26. The molecule has 6 nitrogen and oxygen atoms in total. The van der Waals surface area contributed by atoms with E-state index in [1.165, 1.54) is 12.1 Å². The summed E-state index contributed by atoms with van der Waals surface area (Å²) in [5.74, 6) is -1.14. The van der Waals surface area contributed by atoms with Gasteiger partial charge in [-0.1, -0.05) is 39.0 Å². The molecule has 0 spiro atoms. The zero-order valence-electron chi connectivity index (χ0n) is 15.6. The number of sulfonamides is 1. The molecule has 1 unspecified atom stereocenters. The highest BCUT2D eigenvalue weighted by atomic mass is 32.2. The molecule has 1 aromatic carbocycles. The van der Waals surface area contributed by atoms with Crippen LogP contribution >= 0.6 is 0 Å². The van der Waals surface area contributed by atoms with Crippen LogP contribution in [0.25, 0.3) is 0 Å². The summed E-state index contributed by atoms with van der Waals surface area (Å²) in [6.07, 6.45) is 7.82. The van der Waals surface area contributed by atoms with Crippen LogP contribution in [0.4, 0.5) is 5.69 Å². The lowest BCUT2D eigenvalue weighted by molar-refractivity contribution is 0.0696. The van der Waals surface area contributed by atoms with E-state index in [-0.39, 0.29) is 22.5 Å². The lowest BCUT2D eigenvalue weighted by Gasteiger charge is -2.21. The maximum atomic E-state index is 13.0. The smallest absolute Gasteiger partial charge is 0.335 e. The van der Waals surface area contributed by atoms with Crippen molar-refractivity contribution in [2.45, 2.75) is 82.2 Å². The van der Waals surface area contributed by atoms with E-state index in [9.17, 15) is 18.3 Å². The van der Waals surface area contributed by atoms with Crippen LogP contribution in [0.2, 0.25) is 0 Å². The van der Waals surface area contributed by atoms with E-state index < -0.39 is 16.0 Å². The van der Waals surface area contributed by atoms with Gasteiger partial charge in [0.1, 0.15) is 4.90 Å². The van der Waals surface area contributed by atoms with Crippen LogP contribution in [0.15, 0.2) is 23.1 Å². The Bertz CT molecular complexity index is 710. The van der Waals surface area contributed by atoms with Crippen molar-refractivity contribution in [1.29, 1.82) is 0 Å². The molecular formula is C19H30N2O4S. The molecule has 1 saturated carbocycles. The Kier molecular flexibility index (Phi) is 7.46. The molecule has 26 heavy (non-hydrogen) atoms. The van der Waals surface area contributed by atoms with Gasteiger partial charge in [-0.3, -0.25) is 0 Å². The Labute approximate surface area is 156 Å². The number of aromatic carboxylic acids is 1. The highest BCUT2D eigenvalue weighted by molar-refractivity contribution is 7.89. The third-order valence-corrected chi connectivity index (χ3v) is 6.38. The van der Waals surface area contributed by atoms with Crippen LogP contribution in [0.3, 0.4) is 0 Å². The highest BCUT2D eigenvalue weighted by Gasteiger charge is 2.25. The number of hydrogen-bond donors (Lipinski definition) is 3. The number of anilines is 1. The molecule has 2 rings (SSSR count). The molecule has 0 bridgehead atoms. The van der Waals surface area contributed by atoms with Crippen LogP contribution in [-0.4, -0.2) is 31.6 Å². The van der Waals surface area contributed by atoms with Crippen LogP contribution in [-0.2, 0) is 10.0 Å². The Balaban J connectivity index is 2.32. The topological polar surface area (TPSA) is 95.5 Å². The van der Waals surface area contributed by atoms with Crippen LogP contribution in [0, 0.1) is 0 Å². The number of hydrogen-bond acceptors (Lipinski definition) is 4. The minimum Gasteiger partial charge on any atom is -0.478 e. The van der Waals surface area contributed by atoms with Gasteiger partial charge >= 0.3 is 5.97 Å². The predicted molar refractivity (Wildman–Crippen MR) is 103 cm³/mol. The molecule has 0 amide bonds. The summed E-state index contributed by atoms with van der Waals surface area (Å²) in [5.41, 5.74) is 0.428. The van der Waals surface area contributed by atoms with Crippen LogP contribution in [0.5, 0.6) is 0 Å². The molecule has 7 heteroatoms. The van der Waals surface area contributed by atoms with E-state index in [4.69, 9.17) is 0 Å². The molecule has 1 atom stereocenters. The minimum absolute atomic E-state index is 0.0181. The van der Waals surface area contributed by atoms with Crippen molar-refractivity contribution in [3.05, 3.63) is 23.8 Å². The molecule has 1 aliphatic carbocycles. The maximum Gasteiger partial charge on any atom is 0.335 e. The van der Waals surface area contributed by atoms with E-state index in [0.29, 0.717) is 5.69 Å². The normalized spacial score (nSPS) is 17.5. The van der Waals surface area contributed by atoms with Gasteiger partial charge in [-0.25, -0.2) is 17.9 Å². The van der Waals surface area contributed by atoms with Gasteiger partial charge in [0.25, 0.3) is 0 Å². The number of benzene rings is 1. The van der Waals surface area contributed by atoms with E-state index in [0.717, 1.165) is 51.4 Å². The second-order valence-corrected chi connectivity index (χ2v) is 8.84. The molecule has 0 saturated heterocycles. The van der Waals surface area contributed by atoms with Gasteiger partial charge in [0.15, 0.2) is 0 Å². The first kappa shape index (κ1) is 20.7. The fraction of sp³-hybridized carbons (Fsp3) is 0.632. The van der Waals surface area contributed by atoms with Crippen LogP contribution in [0.1, 0.15) is 75.6 Å². The molecule has 0 radical (unpaired) electrons. The van der Waals surface area contributed by atoms with Gasteiger partial charge in [0, 0.05) is 12.1 Å². The lowest BCUT2D eigenvalue weighted by atomic mass is 10.1. The quantitative estimate of drug-likeness (QED) is 0.591. The van der Waals surface area contributed by atoms with Crippen molar-refractivity contribution in [3.8, 4) is 0 Å². The summed E-state index contributed by atoms with van der Waals surface area (Å²) < 4.78 is 28.8. The Morgan fingerprint density at radius 2 is 1.88 bits per heavy atom.